The molecule has 96 valence electrons. The van der Waals surface area contributed by atoms with E-state index in [4.69, 9.17) is 0 Å². The van der Waals surface area contributed by atoms with Crippen LogP contribution >= 0.6 is 0 Å². The van der Waals surface area contributed by atoms with E-state index >= 15 is 0 Å². The fourth-order valence-electron chi connectivity index (χ4n) is 1.88. The Balaban J connectivity index is 1.93. The Morgan fingerprint density at radius 1 is 1.33 bits per heavy atom. The minimum atomic E-state index is -0.147. The van der Waals surface area contributed by atoms with Gasteiger partial charge in [0, 0.05) is 25.0 Å². The Labute approximate surface area is 107 Å². The predicted octanol–water partition coefficient (Wildman–Crippen LogP) is 3.26. The summed E-state index contributed by atoms with van der Waals surface area (Å²) in [6, 6.07) is 7.23. The van der Waals surface area contributed by atoms with Gasteiger partial charge in [-0.1, -0.05) is 18.2 Å². The van der Waals surface area contributed by atoms with Crippen LogP contribution in [0.4, 0.5) is 10.3 Å². The van der Waals surface area contributed by atoms with Crippen LogP contribution < -0.4 is 5.32 Å². The van der Waals surface area contributed by atoms with Gasteiger partial charge in [-0.2, -0.15) is 0 Å². The predicted molar refractivity (Wildman–Crippen MR) is 71.2 cm³/mol. The summed E-state index contributed by atoms with van der Waals surface area (Å²) in [5.74, 6) is 0.688. The molecule has 0 saturated carbocycles. The molecule has 0 fully saturated rings. The third-order valence-corrected chi connectivity index (χ3v) is 2.86. The van der Waals surface area contributed by atoms with Gasteiger partial charge in [0.2, 0.25) is 5.95 Å². The van der Waals surface area contributed by atoms with Crippen LogP contribution in [0.5, 0.6) is 0 Å². The third kappa shape index (κ3) is 2.88. The first-order valence-electron chi connectivity index (χ1n) is 6.18. The van der Waals surface area contributed by atoms with Gasteiger partial charge < -0.3 is 9.88 Å². The van der Waals surface area contributed by atoms with Crippen molar-refractivity contribution in [2.24, 2.45) is 0 Å². The molecular formula is C14H18FN3. The highest BCUT2D eigenvalue weighted by atomic mass is 19.1. The zero-order valence-electron chi connectivity index (χ0n) is 10.7. The molecule has 1 N–H and O–H groups in total. The Morgan fingerprint density at radius 3 is 2.83 bits per heavy atom. The molecule has 0 radical (unpaired) electrons. The molecule has 0 atom stereocenters. The quantitative estimate of drug-likeness (QED) is 0.879. The first-order chi connectivity index (χ1) is 8.68. The average Bonchev–Trinajstić information content (AvgIpc) is 2.80. The molecule has 0 amide bonds. The first kappa shape index (κ1) is 12.6. The van der Waals surface area contributed by atoms with E-state index in [-0.39, 0.29) is 5.82 Å². The molecule has 1 aromatic heterocycles. The monoisotopic (exact) mass is 247 g/mol. The van der Waals surface area contributed by atoms with Gasteiger partial charge in [0.25, 0.3) is 0 Å². The summed E-state index contributed by atoms with van der Waals surface area (Å²) in [7, 11) is 0. The van der Waals surface area contributed by atoms with Crippen molar-refractivity contribution >= 4 is 5.95 Å². The third-order valence-electron chi connectivity index (χ3n) is 2.86. The second-order valence-electron chi connectivity index (χ2n) is 4.52. The van der Waals surface area contributed by atoms with Crippen molar-refractivity contribution in [1.29, 1.82) is 0 Å². The zero-order valence-corrected chi connectivity index (χ0v) is 10.7. The molecule has 1 aromatic carbocycles. The Bertz CT molecular complexity index is 505. The smallest absolute Gasteiger partial charge is 0.203 e. The fourth-order valence-corrected chi connectivity index (χ4v) is 1.88. The van der Waals surface area contributed by atoms with Gasteiger partial charge in [-0.3, -0.25) is 0 Å². The van der Waals surface area contributed by atoms with Gasteiger partial charge in [0.05, 0.1) is 0 Å². The molecule has 18 heavy (non-hydrogen) atoms. The largest absolute Gasteiger partial charge is 0.355 e. The number of imidazole rings is 1. The van der Waals surface area contributed by atoms with E-state index in [1.807, 2.05) is 18.3 Å². The summed E-state index contributed by atoms with van der Waals surface area (Å²) >= 11 is 0. The molecule has 4 heteroatoms. The molecule has 1 heterocycles. The second kappa shape index (κ2) is 5.67. The lowest BCUT2D eigenvalue weighted by Gasteiger charge is -2.12. The number of benzene rings is 1. The van der Waals surface area contributed by atoms with Crippen LogP contribution in [-0.2, 0) is 6.42 Å². The van der Waals surface area contributed by atoms with E-state index in [0.717, 1.165) is 11.5 Å². The highest BCUT2D eigenvalue weighted by Crippen LogP contribution is 2.13. The molecule has 0 unspecified atom stereocenters. The minimum absolute atomic E-state index is 0.147. The van der Waals surface area contributed by atoms with Crippen LogP contribution in [0, 0.1) is 5.82 Å². The van der Waals surface area contributed by atoms with Crippen molar-refractivity contribution in [3.63, 3.8) is 0 Å². The summed E-state index contributed by atoms with van der Waals surface area (Å²) in [5.41, 5.74) is 0.729. The molecule has 2 rings (SSSR count). The number of hydrogen-bond donors (Lipinski definition) is 1. The van der Waals surface area contributed by atoms with Crippen molar-refractivity contribution in [3.8, 4) is 0 Å². The van der Waals surface area contributed by atoms with Crippen LogP contribution in [0.25, 0.3) is 0 Å². The van der Waals surface area contributed by atoms with Gasteiger partial charge in [0.1, 0.15) is 5.82 Å². The van der Waals surface area contributed by atoms with Crippen LogP contribution in [0.1, 0.15) is 25.5 Å². The molecule has 0 aliphatic rings. The van der Waals surface area contributed by atoms with Crippen molar-refractivity contribution in [3.05, 3.63) is 48.0 Å². The SMILES string of the molecule is CC(C)n1ccnc1NCCc1ccccc1F. The Kier molecular flexibility index (Phi) is 3.97. The van der Waals surface area contributed by atoms with Crippen molar-refractivity contribution in [1.82, 2.24) is 9.55 Å². The number of aromatic nitrogens is 2. The van der Waals surface area contributed by atoms with Crippen molar-refractivity contribution in [2.75, 3.05) is 11.9 Å². The van der Waals surface area contributed by atoms with Gasteiger partial charge >= 0.3 is 0 Å². The summed E-state index contributed by atoms with van der Waals surface area (Å²) in [5, 5.41) is 3.24. The molecule has 3 nitrogen and oxygen atoms in total. The van der Waals surface area contributed by atoms with E-state index < -0.39 is 0 Å². The summed E-state index contributed by atoms with van der Waals surface area (Å²) < 4.78 is 15.5. The van der Waals surface area contributed by atoms with Crippen molar-refractivity contribution in [2.45, 2.75) is 26.3 Å². The van der Waals surface area contributed by atoms with Crippen LogP contribution in [-0.4, -0.2) is 16.1 Å². The normalized spacial score (nSPS) is 10.9. The number of nitrogens with zero attached hydrogens (tertiary/aromatic N) is 2. The summed E-state index contributed by atoms with van der Waals surface area (Å²) in [4.78, 5) is 4.25. The summed E-state index contributed by atoms with van der Waals surface area (Å²) in [6.45, 7) is 4.87. The number of rotatable bonds is 5. The lowest BCUT2D eigenvalue weighted by molar-refractivity contribution is 0.600. The molecule has 0 spiro atoms. The van der Waals surface area contributed by atoms with E-state index in [1.165, 1.54) is 6.07 Å². The first-order valence-corrected chi connectivity index (χ1v) is 6.18. The standard InChI is InChI=1S/C14H18FN3/c1-11(2)18-10-9-17-14(18)16-8-7-12-5-3-4-6-13(12)15/h3-6,9-11H,7-8H2,1-2H3,(H,16,17). The lowest BCUT2D eigenvalue weighted by atomic mass is 10.1. The van der Waals surface area contributed by atoms with Crippen LogP contribution in [0.3, 0.4) is 0 Å². The minimum Gasteiger partial charge on any atom is -0.355 e. The molecular weight excluding hydrogens is 229 g/mol. The molecule has 0 aliphatic heterocycles. The topological polar surface area (TPSA) is 29.9 Å². The highest BCUT2D eigenvalue weighted by Gasteiger charge is 2.05. The number of nitrogens with one attached hydrogen (secondary N) is 1. The second-order valence-corrected chi connectivity index (χ2v) is 4.52. The number of halogens is 1. The maximum absolute atomic E-state index is 13.4. The summed E-state index contributed by atoms with van der Waals surface area (Å²) in [6.07, 6.45) is 4.36. The zero-order chi connectivity index (χ0) is 13.0. The lowest BCUT2D eigenvalue weighted by Crippen LogP contribution is -2.12. The molecule has 2 aromatic rings. The van der Waals surface area contributed by atoms with Crippen LogP contribution in [0.2, 0.25) is 0 Å². The van der Waals surface area contributed by atoms with Gasteiger partial charge in [-0.05, 0) is 31.9 Å². The molecule has 0 bridgehead atoms. The maximum Gasteiger partial charge on any atom is 0.203 e. The van der Waals surface area contributed by atoms with Gasteiger partial charge in [-0.15, -0.1) is 0 Å². The van der Waals surface area contributed by atoms with E-state index in [2.05, 4.69) is 28.7 Å². The number of hydrogen-bond acceptors (Lipinski definition) is 2. The maximum atomic E-state index is 13.4. The van der Waals surface area contributed by atoms with Crippen LogP contribution in [0.15, 0.2) is 36.7 Å². The van der Waals surface area contributed by atoms with Gasteiger partial charge in [-0.25, -0.2) is 9.37 Å². The van der Waals surface area contributed by atoms with Gasteiger partial charge in [0.15, 0.2) is 0 Å². The number of anilines is 1. The highest BCUT2D eigenvalue weighted by molar-refractivity contribution is 5.27. The van der Waals surface area contributed by atoms with E-state index in [0.29, 0.717) is 19.0 Å². The van der Waals surface area contributed by atoms with E-state index in [9.17, 15) is 4.39 Å². The average molecular weight is 247 g/mol. The Hall–Kier alpha value is -1.84. The molecule has 0 aliphatic carbocycles. The van der Waals surface area contributed by atoms with E-state index in [1.54, 1.807) is 12.3 Å². The van der Waals surface area contributed by atoms with Crippen molar-refractivity contribution < 1.29 is 4.39 Å². The molecule has 0 saturated heterocycles. The fraction of sp³-hybridized carbons (Fsp3) is 0.357. The Morgan fingerprint density at radius 2 is 2.11 bits per heavy atom.